The molecule has 2 unspecified atom stereocenters. The van der Waals surface area contributed by atoms with E-state index in [1.165, 1.54) is 17.5 Å². The van der Waals surface area contributed by atoms with Crippen molar-refractivity contribution >= 4 is 41.1 Å². The number of amides is 1. The van der Waals surface area contributed by atoms with Crippen LogP contribution >= 0.6 is 11.6 Å². The Hall–Kier alpha value is -3.68. The van der Waals surface area contributed by atoms with Crippen molar-refractivity contribution in [2.75, 3.05) is 24.6 Å². The Kier molecular flexibility index (Phi) is 10.6. The number of carbonyl (C=O) groups excluding carboxylic acids is 1. The lowest BCUT2D eigenvalue weighted by Crippen LogP contribution is -2.47. The largest absolute Gasteiger partial charge is 0.491 e. The molecule has 1 aromatic carbocycles. The van der Waals surface area contributed by atoms with Crippen LogP contribution in [0.3, 0.4) is 0 Å². The first-order valence-corrected chi connectivity index (χ1v) is 11.4. The number of aryl methyl sites for hydroxylation is 1. The lowest BCUT2D eigenvalue weighted by atomic mass is 9.91. The lowest BCUT2D eigenvalue weighted by Gasteiger charge is -2.22. The smallest absolute Gasteiger partial charge is 0.414 e. The molecule has 0 radical (unpaired) electrons. The normalized spacial score (nSPS) is 13.9. The minimum absolute atomic E-state index is 0.0419. The average molecular weight is 525 g/mol. The molecule has 13 nitrogen and oxygen atoms in total. The number of aromatic nitrogens is 2. The number of carboxylic acids is 2. The molecule has 14 heteroatoms. The predicted molar refractivity (Wildman–Crippen MR) is 131 cm³/mol. The van der Waals surface area contributed by atoms with E-state index in [9.17, 15) is 9.90 Å². The van der Waals surface area contributed by atoms with Gasteiger partial charge in [0.25, 0.3) is 5.91 Å². The molecule has 1 heterocycles. The third-order valence-electron chi connectivity index (χ3n) is 5.09. The van der Waals surface area contributed by atoms with Gasteiger partial charge in [0, 0.05) is 6.54 Å². The fourth-order valence-corrected chi connectivity index (χ4v) is 3.49. The number of anilines is 2. The summed E-state index contributed by atoms with van der Waals surface area (Å²) >= 11 is 5.80. The number of aliphatic carboxylic acids is 2. The molecule has 1 aromatic heterocycles. The summed E-state index contributed by atoms with van der Waals surface area (Å²) in [6, 6.07) is 6.06. The third-order valence-corrected chi connectivity index (χ3v) is 5.37. The van der Waals surface area contributed by atoms with Gasteiger partial charge in [-0.3, -0.25) is 10.1 Å². The van der Waals surface area contributed by atoms with Crippen molar-refractivity contribution < 1.29 is 34.4 Å². The van der Waals surface area contributed by atoms with Crippen LogP contribution in [0.2, 0.25) is 5.15 Å². The number of halogens is 1. The highest BCUT2D eigenvalue weighted by Crippen LogP contribution is 2.29. The lowest BCUT2D eigenvalue weighted by molar-refractivity contribution is -0.159. The van der Waals surface area contributed by atoms with Gasteiger partial charge in [-0.25, -0.2) is 19.6 Å². The SMILES string of the molecule is CC(NCC(O)COc1cccc2c1CCCC2)NC(=O)c1nc(Cl)c(N)nc1N.O=C(O)C(=O)O. The minimum atomic E-state index is -1.82. The first-order chi connectivity index (χ1) is 17.0. The molecular formula is C22H29ClN6O7. The van der Waals surface area contributed by atoms with Gasteiger partial charge in [-0.1, -0.05) is 23.7 Å². The van der Waals surface area contributed by atoms with Crippen LogP contribution in [-0.4, -0.2) is 68.6 Å². The molecule has 36 heavy (non-hydrogen) atoms. The molecule has 1 amide bonds. The summed E-state index contributed by atoms with van der Waals surface area (Å²) in [6.07, 6.45) is 3.22. The summed E-state index contributed by atoms with van der Waals surface area (Å²) in [4.78, 5) is 38.2. The summed E-state index contributed by atoms with van der Waals surface area (Å²) in [5.41, 5.74) is 13.7. The van der Waals surface area contributed by atoms with E-state index in [0.29, 0.717) is 0 Å². The summed E-state index contributed by atoms with van der Waals surface area (Å²) in [6.45, 7) is 2.10. The second kappa shape index (κ2) is 13.4. The van der Waals surface area contributed by atoms with Crippen molar-refractivity contribution in [3.8, 4) is 5.75 Å². The topological polar surface area (TPSA) is 223 Å². The summed E-state index contributed by atoms with van der Waals surface area (Å²) < 4.78 is 5.85. The molecule has 1 aliphatic rings. The monoisotopic (exact) mass is 524 g/mol. The van der Waals surface area contributed by atoms with E-state index in [4.69, 9.17) is 47.6 Å². The summed E-state index contributed by atoms with van der Waals surface area (Å²) in [7, 11) is 0. The van der Waals surface area contributed by atoms with E-state index in [-0.39, 0.29) is 35.6 Å². The quantitative estimate of drug-likeness (QED) is 0.184. The molecular weight excluding hydrogens is 496 g/mol. The number of nitrogen functional groups attached to an aromatic ring is 2. The minimum Gasteiger partial charge on any atom is -0.491 e. The molecule has 0 aliphatic heterocycles. The van der Waals surface area contributed by atoms with Crippen LogP contribution < -0.4 is 26.8 Å². The Morgan fingerprint density at radius 1 is 1.11 bits per heavy atom. The molecule has 196 valence electrons. The Morgan fingerprint density at radius 3 is 2.44 bits per heavy atom. The highest BCUT2D eigenvalue weighted by Gasteiger charge is 2.19. The van der Waals surface area contributed by atoms with Gasteiger partial charge >= 0.3 is 11.9 Å². The van der Waals surface area contributed by atoms with Crippen LogP contribution in [0, 0.1) is 0 Å². The van der Waals surface area contributed by atoms with Crippen LogP contribution in [-0.2, 0) is 22.4 Å². The van der Waals surface area contributed by atoms with Crippen molar-refractivity contribution in [1.29, 1.82) is 0 Å². The van der Waals surface area contributed by atoms with Gasteiger partial charge in [0.05, 0.1) is 6.17 Å². The number of hydrogen-bond acceptors (Lipinski definition) is 10. The second-order valence-electron chi connectivity index (χ2n) is 7.91. The molecule has 0 spiro atoms. The van der Waals surface area contributed by atoms with Gasteiger partial charge in [0.2, 0.25) is 0 Å². The van der Waals surface area contributed by atoms with E-state index < -0.39 is 30.1 Å². The van der Waals surface area contributed by atoms with Crippen molar-refractivity contribution in [3.63, 3.8) is 0 Å². The van der Waals surface area contributed by atoms with Crippen LogP contribution in [0.15, 0.2) is 18.2 Å². The second-order valence-corrected chi connectivity index (χ2v) is 8.27. The van der Waals surface area contributed by atoms with Gasteiger partial charge in [-0.05, 0) is 49.8 Å². The van der Waals surface area contributed by atoms with E-state index in [0.717, 1.165) is 25.0 Å². The standard InChI is InChI=1S/C20H27ClN6O3.C2H2O4/c1-11(25-20(29)16-18(22)27-19(23)17(21)26-16)24-9-13(28)10-30-15-8-4-6-12-5-2-3-7-14(12)15;3-1(4)2(5)6/h4,6,8,11,13,24,28H,2-3,5,7,9-10H2,1H3,(H,25,29)(H4,22,23,27);(H,3,4)(H,5,6). The van der Waals surface area contributed by atoms with Gasteiger partial charge in [-0.15, -0.1) is 0 Å². The van der Waals surface area contributed by atoms with Crippen molar-refractivity contribution in [2.24, 2.45) is 0 Å². The number of rotatable bonds is 8. The molecule has 0 saturated heterocycles. The Balaban J connectivity index is 0.000000678. The molecule has 2 atom stereocenters. The summed E-state index contributed by atoms with van der Waals surface area (Å²) in [5, 5.41) is 30.6. The molecule has 0 fully saturated rings. The Bertz CT molecular complexity index is 1090. The maximum absolute atomic E-state index is 12.3. The third kappa shape index (κ3) is 8.52. The number of aliphatic hydroxyl groups excluding tert-OH is 1. The number of nitrogens with two attached hydrogens (primary N) is 2. The Labute approximate surface area is 211 Å². The van der Waals surface area contributed by atoms with Crippen LogP contribution in [0.1, 0.15) is 41.4 Å². The van der Waals surface area contributed by atoms with E-state index in [1.54, 1.807) is 6.92 Å². The highest BCUT2D eigenvalue weighted by atomic mass is 35.5. The van der Waals surface area contributed by atoms with Gasteiger partial charge in [0.1, 0.15) is 18.5 Å². The van der Waals surface area contributed by atoms with Gasteiger partial charge < -0.3 is 36.8 Å². The predicted octanol–water partition coefficient (Wildman–Crippen LogP) is 0.434. The number of carboxylic acid groups (broad SMARTS) is 2. The molecule has 2 aromatic rings. The van der Waals surface area contributed by atoms with Gasteiger partial charge in [0.15, 0.2) is 22.5 Å². The summed E-state index contributed by atoms with van der Waals surface area (Å²) in [5.74, 6) is -3.52. The van der Waals surface area contributed by atoms with Gasteiger partial charge in [-0.2, -0.15) is 0 Å². The number of nitrogens with zero attached hydrogens (tertiary/aromatic N) is 2. The Morgan fingerprint density at radius 2 is 1.78 bits per heavy atom. The zero-order valence-corrected chi connectivity index (χ0v) is 20.3. The average Bonchev–Trinajstić information content (AvgIpc) is 2.83. The zero-order chi connectivity index (χ0) is 26.8. The molecule has 0 saturated carbocycles. The van der Waals surface area contributed by atoms with E-state index in [2.05, 4.69) is 26.7 Å². The fourth-order valence-electron chi connectivity index (χ4n) is 3.36. The fraction of sp³-hybridized carbons (Fsp3) is 0.409. The first-order valence-electron chi connectivity index (χ1n) is 11.0. The highest BCUT2D eigenvalue weighted by molar-refractivity contribution is 6.31. The maximum atomic E-state index is 12.3. The van der Waals surface area contributed by atoms with E-state index in [1.807, 2.05) is 12.1 Å². The van der Waals surface area contributed by atoms with Crippen molar-refractivity contribution in [3.05, 3.63) is 40.2 Å². The maximum Gasteiger partial charge on any atom is 0.414 e. The van der Waals surface area contributed by atoms with Crippen molar-refractivity contribution in [1.82, 2.24) is 20.6 Å². The van der Waals surface area contributed by atoms with Crippen LogP contribution in [0.25, 0.3) is 0 Å². The molecule has 0 bridgehead atoms. The molecule has 1 aliphatic carbocycles. The number of carbonyl (C=O) groups is 3. The van der Waals surface area contributed by atoms with E-state index >= 15 is 0 Å². The van der Waals surface area contributed by atoms with Crippen molar-refractivity contribution in [2.45, 2.75) is 44.9 Å². The molecule has 9 N–H and O–H groups in total. The first kappa shape index (κ1) is 28.6. The molecule has 3 rings (SSSR count). The number of nitrogens with one attached hydrogen (secondary N) is 2. The van der Waals surface area contributed by atoms with Crippen LogP contribution in [0.5, 0.6) is 5.75 Å². The number of benzene rings is 1. The number of aliphatic hydroxyl groups is 1. The zero-order valence-electron chi connectivity index (χ0n) is 19.5. The number of hydrogen-bond donors (Lipinski definition) is 7. The number of fused-ring (bicyclic) bond motifs is 1. The van der Waals surface area contributed by atoms with Crippen LogP contribution in [0.4, 0.5) is 11.6 Å². The number of ether oxygens (including phenoxy) is 1.